The van der Waals surface area contributed by atoms with Crippen molar-refractivity contribution in [2.75, 3.05) is 0 Å². The van der Waals surface area contributed by atoms with Crippen LogP contribution in [0.15, 0.2) is 93.9 Å². The summed E-state index contributed by atoms with van der Waals surface area (Å²) in [7, 11) is 0. The van der Waals surface area contributed by atoms with Gasteiger partial charge in [-0.05, 0) is 68.1 Å². The quantitative estimate of drug-likeness (QED) is 0.126. The van der Waals surface area contributed by atoms with Crippen molar-refractivity contribution >= 4 is 86.5 Å². The van der Waals surface area contributed by atoms with Crippen molar-refractivity contribution in [1.82, 2.24) is 0 Å². The monoisotopic (exact) mass is 612 g/mol. The van der Waals surface area contributed by atoms with Gasteiger partial charge in [0.05, 0.1) is 0 Å². The first-order chi connectivity index (χ1) is 18.5. The lowest BCUT2D eigenvalue weighted by atomic mass is 9.76. The van der Waals surface area contributed by atoms with Crippen molar-refractivity contribution in [3.05, 3.63) is 116 Å². The van der Waals surface area contributed by atoms with E-state index in [1.54, 1.807) is 0 Å². The number of hydrogen-bond donors (Lipinski definition) is 0. The van der Waals surface area contributed by atoms with E-state index in [0.717, 1.165) is 96.5 Å². The van der Waals surface area contributed by atoms with Crippen LogP contribution in [0.1, 0.15) is 31.8 Å². The maximum Gasteiger partial charge on any atom is 0.194 e. The molecule has 4 heteroatoms. The van der Waals surface area contributed by atoms with E-state index in [2.05, 4.69) is 56.1 Å². The highest BCUT2D eigenvalue weighted by atomic mass is 79.9. The van der Waals surface area contributed by atoms with Gasteiger partial charge in [-0.15, -0.1) is 0 Å². The predicted octanol–water partition coefficient (Wildman–Crippen LogP) is 9.68. The Bertz CT molecular complexity index is 2130. The Morgan fingerprint density at radius 2 is 0.763 bits per heavy atom. The summed E-state index contributed by atoms with van der Waals surface area (Å²) in [5.41, 5.74) is 7.01. The predicted molar refractivity (Wildman–Crippen MR) is 161 cm³/mol. The van der Waals surface area contributed by atoms with Crippen LogP contribution in [0, 0.1) is 0 Å². The first-order valence-corrected chi connectivity index (χ1v) is 14.0. The highest BCUT2D eigenvalue weighted by Crippen LogP contribution is 2.53. The van der Waals surface area contributed by atoms with Crippen molar-refractivity contribution in [2.24, 2.45) is 0 Å². The standard InChI is InChI=1S/C34H14Br2O2/c35-25-13-23-15-5-1-3-7-17(15)33(37)21-11-9-19-30-26(36)14-24-16-6-2-4-8-18(16)34(38)22-12-10-20(32(30)28(22)24)29(25)31(19)27(21)23/h1-14H. The van der Waals surface area contributed by atoms with E-state index in [1.807, 2.05) is 60.7 Å². The zero-order valence-corrected chi connectivity index (χ0v) is 22.8. The number of rotatable bonds is 0. The molecule has 0 saturated heterocycles. The van der Waals surface area contributed by atoms with Gasteiger partial charge in [0.15, 0.2) is 11.6 Å². The summed E-state index contributed by atoms with van der Waals surface area (Å²) in [6, 6.07) is 28.2. The van der Waals surface area contributed by atoms with Gasteiger partial charge in [-0.2, -0.15) is 0 Å². The molecule has 176 valence electrons. The molecule has 0 aromatic heterocycles. The molecule has 0 spiro atoms. The Hall–Kier alpha value is -3.86. The van der Waals surface area contributed by atoms with Crippen LogP contribution in [-0.2, 0) is 0 Å². The SMILES string of the molecule is O=C1c2ccccc2-c2cc(Br)c3c4ccc5c6c(cc(Br)c(c7ccc1c2c73)c64)-c1ccccc1C5=O. The molecule has 0 fully saturated rings. The summed E-state index contributed by atoms with van der Waals surface area (Å²) in [6.07, 6.45) is 0. The van der Waals surface area contributed by atoms with Crippen molar-refractivity contribution in [2.45, 2.75) is 0 Å². The molecule has 2 nitrogen and oxygen atoms in total. The number of benzene rings is 7. The van der Waals surface area contributed by atoms with Crippen LogP contribution in [0.4, 0.5) is 0 Å². The first-order valence-electron chi connectivity index (χ1n) is 12.4. The van der Waals surface area contributed by atoms with E-state index < -0.39 is 0 Å². The molecule has 0 atom stereocenters. The van der Waals surface area contributed by atoms with Crippen molar-refractivity contribution in [3.8, 4) is 22.3 Å². The summed E-state index contributed by atoms with van der Waals surface area (Å²) in [5.74, 6) is 0.121. The van der Waals surface area contributed by atoms with E-state index in [4.69, 9.17) is 0 Å². The maximum absolute atomic E-state index is 13.6. The van der Waals surface area contributed by atoms with E-state index >= 15 is 0 Å². The highest BCUT2D eigenvalue weighted by molar-refractivity contribution is 9.11. The normalized spacial score (nSPS) is 13.6. The fraction of sp³-hybridized carbons (Fsp3) is 0. The Labute approximate surface area is 233 Å². The van der Waals surface area contributed by atoms with Crippen LogP contribution in [0.5, 0.6) is 0 Å². The second kappa shape index (κ2) is 6.96. The van der Waals surface area contributed by atoms with E-state index in [1.165, 1.54) is 0 Å². The third kappa shape index (κ3) is 2.31. The van der Waals surface area contributed by atoms with Gasteiger partial charge in [-0.3, -0.25) is 9.59 Å². The number of ketones is 2. The van der Waals surface area contributed by atoms with Crippen molar-refractivity contribution < 1.29 is 9.59 Å². The van der Waals surface area contributed by atoms with Crippen LogP contribution < -0.4 is 0 Å². The average molecular weight is 614 g/mol. The fourth-order valence-electron chi connectivity index (χ4n) is 6.93. The zero-order chi connectivity index (χ0) is 25.4. The van der Waals surface area contributed by atoms with E-state index in [0.29, 0.717) is 0 Å². The molecule has 38 heavy (non-hydrogen) atoms. The smallest absolute Gasteiger partial charge is 0.194 e. The molecular weight excluding hydrogens is 600 g/mol. The molecule has 9 rings (SSSR count). The van der Waals surface area contributed by atoms with Gasteiger partial charge in [-0.25, -0.2) is 0 Å². The van der Waals surface area contributed by atoms with Crippen LogP contribution in [0.2, 0.25) is 0 Å². The van der Waals surface area contributed by atoms with Crippen molar-refractivity contribution in [3.63, 3.8) is 0 Å². The van der Waals surface area contributed by atoms with Gasteiger partial charge < -0.3 is 0 Å². The largest absolute Gasteiger partial charge is 0.289 e. The molecule has 2 aliphatic carbocycles. The minimum absolute atomic E-state index is 0.0604. The zero-order valence-electron chi connectivity index (χ0n) is 19.7. The van der Waals surface area contributed by atoms with Gasteiger partial charge in [0, 0.05) is 52.7 Å². The summed E-state index contributed by atoms with van der Waals surface area (Å²) < 4.78 is 1.96. The second-order valence-electron chi connectivity index (χ2n) is 10.1. The van der Waals surface area contributed by atoms with Gasteiger partial charge in [0.25, 0.3) is 0 Å². The van der Waals surface area contributed by atoms with Gasteiger partial charge in [0.2, 0.25) is 0 Å². The summed E-state index contributed by atoms with van der Waals surface area (Å²) >= 11 is 7.86. The minimum atomic E-state index is 0.0604. The van der Waals surface area contributed by atoms with E-state index in [-0.39, 0.29) is 11.6 Å². The van der Waals surface area contributed by atoms with Crippen LogP contribution >= 0.6 is 31.9 Å². The number of carbonyl (C=O) groups is 2. The second-order valence-corrected chi connectivity index (χ2v) is 11.8. The lowest BCUT2D eigenvalue weighted by Gasteiger charge is -2.26. The maximum atomic E-state index is 13.6. The van der Waals surface area contributed by atoms with Crippen LogP contribution in [-0.4, -0.2) is 11.6 Å². The molecule has 0 heterocycles. The molecule has 0 radical (unpaired) electrons. The van der Waals surface area contributed by atoms with Gasteiger partial charge >= 0.3 is 0 Å². The lowest BCUT2D eigenvalue weighted by Crippen LogP contribution is -2.11. The van der Waals surface area contributed by atoms with Crippen molar-refractivity contribution in [1.29, 1.82) is 0 Å². The number of halogens is 2. The van der Waals surface area contributed by atoms with Gasteiger partial charge in [0.1, 0.15) is 0 Å². The van der Waals surface area contributed by atoms with Crippen LogP contribution in [0.3, 0.4) is 0 Å². The molecule has 0 amide bonds. The first kappa shape index (κ1) is 21.1. The van der Waals surface area contributed by atoms with Gasteiger partial charge in [-0.1, -0.05) is 92.5 Å². The molecule has 0 bridgehead atoms. The Kier molecular flexibility index (Phi) is 3.87. The Balaban J connectivity index is 1.58. The highest BCUT2D eigenvalue weighted by Gasteiger charge is 2.32. The third-order valence-corrected chi connectivity index (χ3v) is 9.67. The topological polar surface area (TPSA) is 34.1 Å². The Morgan fingerprint density at radius 1 is 0.368 bits per heavy atom. The lowest BCUT2D eigenvalue weighted by molar-refractivity contribution is 0.103. The molecule has 0 saturated carbocycles. The molecule has 0 N–H and O–H groups in total. The third-order valence-electron chi connectivity index (χ3n) is 8.42. The average Bonchev–Trinajstić information content (AvgIpc) is 2.94. The Morgan fingerprint density at radius 3 is 1.18 bits per heavy atom. The fourth-order valence-corrected chi connectivity index (χ4v) is 8.22. The summed E-state index contributed by atoms with van der Waals surface area (Å²) in [6.45, 7) is 0. The van der Waals surface area contributed by atoms with Crippen LogP contribution in [0.25, 0.3) is 65.3 Å². The number of hydrogen-bond acceptors (Lipinski definition) is 2. The summed E-state index contributed by atoms with van der Waals surface area (Å²) in [5, 5.41) is 8.44. The van der Waals surface area contributed by atoms with E-state index in [9.17, 15) is 9.59 Å². The molecule has 0 aliphatic heterocycles. The molecular formula is C34H14Br2O2. The molecule has 0 unspecified atom stereocenters. The number of fused-ring (bicyclic) bond motifs is 6. The summed E-state index contributed by atoms with van der Waals surface area (Å²) in [4.78, 5) is 27.3. The molecule has 2 aliphatic rings. The molecule has 7 aromatic rings. The molecule has 7 aromatic carbocycles. The number of carbonyl (C=O) groups excluding carboxylic acids is 2. The minimum Gasteiger partial charge on any atom is -0.289 e.